The summed E-state index contributed by atoms with van der Waals surface area (Å²) in [6.07, 6.45) is 1.43. The maximum atomic E-state index is 12.0. The van der Waals surface area contributed by atoms with Crippen molar-refractivity contribution in [3.8, 4) is 22.6 Å². The van der Waals surface area contributed by atoms with Gasteiger partial charge in [-0.25, -0.2) is 5.43 Å². The third kappa shape index (κ3) is 4.47. The first-order valence-corrected chi connectivity index (χ1v) is 9.51. The van der Waals surface area contributed by atoms with Gasteiger partial charge < -0.3 is 9.84 Å². The molecule has 0 aliphatic carbocycles. The minimum Gasteiger partial charge on any atom is -0.507 e. The van der Waals surface area contributed by atoms with E-state index in [-0.39, 0.29) is 12.4 Å². The highest BCUT2D eigenvalue weighted by atomic mass is 16.5. The third-order valence-electron chi connectivity index (χ3n) is 4.66. The van der Waals surface area contributed by atoms with Crippen molar-refractivity contribution < 1.29 is 14.6 Å². The van der Waals surface area contributed by atoms with Crippen LogP contribution in [0.5, 0.6) is 11.5 Å². The number of phenolic OH excluding ortho intramolecular Hbond substituents is 1. The van der Waals surface area contributed by atoms with E-state index >= 15 is 0 Å². The molecule has 0 saturated heterocycles. The van der Waals surface area contributed by atoms with E-state index in [2.05, 4.69) is 10.5 Å². The van der Waals surface area contributed by atoms with Crippen molar-refractivity contribution in [3.63, 3.8) is 0 Å². The number of ether oxygens (including phenoxy) is 1. The second-order valence-corrected chi connectivity index (χ2v) is 6.69. The highest BCUT2D eigenvalue weighted by Crippen LogP contribution is 2.25. The SMILES string of the molecule is O=C(COc1ccc(-c2ccccc2)cc1)NN=Cc1c(O)ccc2ccccc12. The molecular formula is C25H20N2O3. The average molecular weight is 396 g/mol. The summed E-state index contributed by atoms with van der Waals surface area (Å²) in [5.41, 5.74) is 5.17. The normalized spacial score (nSPS) is 10.9. The molecule has 0 radical (unpaired) electrons. The topological polar surface area (TPSA) is 70.9 Å². The van der Waals surface area contributed by atoms with Gasteiger partial charge >= 0.3 is 0 Å². The monoisotopic (exact) mass is 396 g/mol. The molecule has 0 fully saturated rings. The predicted molar refractivity (Wildman–Crippen MR) is 119 cm³/mol. The fraction of sp³-hybridized carbons (Fsp3) is 0.0400. The summed E-state index contributed by atoms with van der Waals surface area (Å²) in [5.74, 6) is 0.306. The molecule has 30 heavy (non-hydrogen) atoms. The molecule has 0 unspecified atom stereocenters. The smallest absolute Gasteiger partial charge is 0.277 e. The molecule has 148 valence electrons. The van der Waals surface area contributed by atoms with E-state index in [4.69, 9.17) is 4.74 Å². The molecule has 0 spiro atoms. The first-order chi connectivity index (χ1) is 14.7. The Labute approximate surface area is 174 Å². The molecule has 0 aliphatic rings. The van der Waals surface area contributed by atoms with Gasteiger partial charge in [0.15, 0.2) is 6.61 Å². The first-order valence-electron chi connectivity index (χ1n) is 9.51. The van der Waals surface area contributed by atoms with Crippen LogP contribution in [0.3, 0.4) is 0 Å². The number of fused-ring (bicyclic) bond motifs is 1. The number of benzene rings is 4. The number of hydrazone groups is 1. The van der Waals surface area contributed by atoms with Crippen molar-refractivity contribution in [1.29, 1.82) is 0 Å². The van der Waals surface area contributed by atoms with Crippen molar-refractivity contribution in [2.75, 3.05) is 6.61 Å². The lowest BCUT2D eigenvalue weighted by molar-refractivity contribution is -0.123. The van der Waals surface area contributed by atoms with E-state index in [1.807, 2.05) is 84.9 Å². The molecule has 4 aromatic rings. The minimum atomic E-state index is -0.391. The van der Waals surface area contributed by atoms with Gasteiger partial charge in [-0.1, -0.05) is 72.8 Å². The molecule has 5 heteroatoms. The van der Waals surface area contributed by atoms with Gasteiger partial charge in [0.25, 0.3) is 5.91 Å². The van der Waals surface area contributed by atoms with Crippen LogP contribution in [-0.2, 0) is 4.79 Å². The van der Waals surface area contributed by atoms with Crippen LogP contribution in [0.2, 0.25) is 0 Å². The quantitative estimate of drug-likeness (QED) is 0.365. The Morgan fingerprint density at radius 3 is 2.37 bits per heavy atom. The second kappa shape index (κ2) is 8.92. The summed E-state index contributed by atoms with van der Waals surface area (Å²) in [5, 5.41) is 15.9. The highest BCUT2D eigenvalue weighted by Gasteiger charge is 2.06. The molecule has 0 saturated carbocycles. The molecule has 0 aromatic heterocycles. The minimum absolute atomic E-state index is 0.0986. The molecule has 4 rings (SSSR count). The van der Waals surface area contributed by atoms with Crippen LogP contribution in [0, 0.1) is 0 Å². The van der Waals surface area contributed by atoms with Crippen LogP contribution in [0.1, 0.15) is 5.56 Å². The van der Waals surface area contributed by atoms with Crippen molar-refractivity contribution in [3.05, 3.63) is 96.6 Å². The summed E-state index contributed by atoms with van der Waals surface area (Å²) in [4.78, 5) is 12.0. The number of hydrogen-bond donors (Lipinski definition) is 2. The standard InChI is InChI=1S/C25H20N2O3/c28-24-15-12-20-8-4-5-9-22(20)23(24)16-26-27-25(29)17-30-21-13-10-19(11-14-21)18-6-2-1-3-7-18/h1-16,28H,17H2,(H,27,29). The predicted octanol–water partition coefficient (Wildman–Crippen LogP) is 4.74. The largest absolute Gasteiger partial charge is 0.507 e. The van der Waals surface area contributed by atoms with E-state index < -0.39 is 5.91 Å². The Balaban J connectivity index is 1.34. The third-order valence-corrected chi connectivity index (χ3v) is 4.66. The number of aromatic hydroxyl groups is 1. The zero-order valence-electron chi connectivity index (χ0n) is 16.2. The van der Waals surface area contributed by atoms with Crippen LogP contribution < -0.4 is 10.2 Å². The number of phenols is 1. The Morgan fingerprint density at radius 1 is 0.867 bits per heavy atom. The lowest BCUT2D eigenvalue weighted by Crippen LogP contribution is -2.24. The lowest BCUT2D eigenvalue weighted by Gasteiger charge is -2.07. The van der Waals surface area contributed by atoms with Crippen LogP contribution in [0.25, 0.3) is 21.9 Å². The summed E-state index contributed by atoms with van der Waals surface area (Å²) < 4.78 is 5.52. The van der Waals surface area contributed by atoms with Gasteiger partial charge in [0, 0.05) is 5.56 Å². The van der Waals surface area contributed by atoms with Crippen LogP contribution in [-0.4, -0.2) is 23.8 Å². The van der Waals surface area contributed by atoms with E-state index in [1.54, 1.807) is 6.07 Å². The summed E-state index contributed by atoms with van der Waals surface area (Å²) in [7, 11) is 0. The number of hydrogen-bond acceptors (Lipinski definition) is 4. The molecular weight excluding hydrogens is 376 g/mol. The van der Waals surface area contributed by atoms with Crippen LogP contribution in [0.15, 0.2) is 96.1 Å². The lowest BCUT2D eigenvalue weighted by atomic mass is 10.0. The maximum absolute atomic E-state index is 12.0. The number of amides is 1. The zero-order valence-corrected chi connectivity index (χ0v) is 16.2. The molecule has 1 amide bonds. The Morgan fingerprint density at radius 2 is 1.57 bits per heavy atom. The van der Waals surface area contributed by atoms with E-state index in [0.717, 1.165) is 21.9 Å². The fourth-order valence-corrected chi connectivity index (χ4v) is 3.14. The number of nitrogens with one attached hydrogen (secondary N) is 1. The van der Waals surface area contributed by atoms with E-state index in [0.29, 0.717) is 11.3 Å². The highest BCUT2D eigenvalue weighted by molar-refractivity contribution is 6.02. The zero-order chi connectivity index (χ0) is 20.8. The first kappa shape index (κ1) is 19.2. The second-order valence-electron chi connectivity index (χ2n) is 6.69. The van der Waals surface area contributed by atoms with Gasteiger partial charge in [-0.2, -0.15) is 5.10 Å². The number of nitrogens with zero attached hydrogens (tertiary/aromatic N) is 1. The maximum Gasteiger partial charge on any atom is 0.277 e. The molecule has 0 aliphatic heterocycles. The van der Waals surface area contributed by atoms with Gasteiger partial charge in [0.2, 0.25) is 0 Å². The van der Waals surface area contributed by atoms with Crippen molar-refractivity contribution in [2.24, 2.45) is 5.10 Å². The van der Waals surface area contributed by atoms with Gasteiger partial charge in [-0.05, 0) is 40.1 Å². The molecule has 0 bridgehead atoms. The van der Waals surface area contributed by atoms with Gasteiger partial charge in [0.05, 0.1) is 6.21 Å². The summed E-state index contributed by atoms with van der Waals surface area (Å²) in [6.45, 7) is -0.163. The van der Waals surface area contributed by atoms with Crippen LogP contribution in [0.4, 0.5) is 0 Å². The summed E-state index contributed by atoms with van der Waals surface area (Å²) in [6, 6.07) is 28.7. The van der Waals surface area contributed by atoms with Gasteiger partial charge in [-0.3, -0.25) is 4.79 Å². The van der Waals surface area contributed by atoms with E-state index in [9.17, 15) is 9.90 Å². The van der Waals surface area contributed by atoms with E-state index in [1.165, 1.54) is 6.21 Å². The summed E-state index contributed by atoms with van der Waals surface area (Å²) >= 11 is 0. The Kier molecular flexibility index (Phi) is 5.71. The number of carbonyl (C=O) groups excluding carboxylic acids is 1. The van der Waals surface area contributed by atoms with Crippen molar-refractivity contribution in [2.45, 2.75) is 0 Å². The molecule has 4 aromatic carbocycles. The van der Waals surface area contributed by atoms with Gasteiger partial charge in [-0.15, -0.1) is 0 Å². The average Bonchev–Trinajstić information content (AvgIpc) is 2.80. The number of rotatable bonds is 6. The van der Waals surface area contributed by atoms with Crippen molar-refractivity contribution in [1.82, 2.24) is 5.43 Å². The molecule has 2 N–H and O–H groups in total. The van der Waals surface area contributed by atoms with Crippen molar-refractivity contribution >= 4 is 22.9 Å². The number of carbonyl (C=O) groups is 1. The molecule has 0 heterocycles. The van der Waals surface area contributed by atoms with Gasteiger partial charge in [0.1, 0.15) is 11.5 Å². The van der Waals surface area contributed by atoms with Crippen LogP contribution >= 0.6 is 0 Å². The molecule has 5 nitrogen and oxygen atoms in total. The Hall–Kier alpha value is -4.12. The molecule has 0 atom stereocenters. The Bertz CT molecular complexity index is 1190. The fourth-order valence-electron chi connectivity index (χ4n) is 3.14.